The maximum atomic E-state index is 13.2. The molecule has 190 valence electrons. The molecule has 13 heteroatoms. The van der Waals surface area contributed by atoms with E-state index in [9.17, 15) is 24.3 Å². The minimum absolute atomic E-state index is 0. The van der Waals surface area contributed by atoms with Gasteiger partial charge in [0.15, 0.2) is 0 Å². The summed E-state index contributed by atoms with van der Waals surface area (Å²) in [6.07, 6.45) is 0.485. The molecular weight excluding hydrogens is 505 g/mol. The van der Waals surface area contributed by atoms with Crippen LogP contribution in [0.5, 0.6) is 5.88 Å². The van der Waals surface area contributed by atoms with Crippen LogP contribution < -0.4 is 11.2 Å². The molecule has 0 spiro atoms. The number of amides is 2. The number of imide groups is 1. The Labute approximate surface area is 211 Å². The van der Waals surface area contributed by atoms with Gasteiger partial charge in [-0.3, -0.25) is 28.4 Å². The monoisotopic (exact) mass is 531 g/mol. The maximum absolute atomic E-state index is 13.2. The predicted molar refractivity (Wildman–Crippen MR) is 121 cm³/mol. The molecule has 2 amide bonds. The Balaban J connectivity index is 0.00000432. The van der Waals surface area contributed by atoms with Crippen LogP contribution in [0, 0.1) is 0 Å². The summed E-state index contributed by atoms with van der Waals surface area (Å²) in [5.74, 6) is -1.69. The summed E-state index contributed by atoms with van der Waals surface area (Å²) >= 11 is 0. The van der Waals surface area contributed by atoms with E-state index in [1.54, 1.807) is 6.07 Å². The molecule has 1 unspecified atom stereocenters. The van der Waals surface area contributed by atoms with E-state index < -0.39 is 40.7 Å². The Morgan fingerprint density at radius 1 is 0.971 bits per heavy atom. The van der Waals surface area contributed by atoms with E-state index >= 15 is 0 Å². The number of fused-ring (bicyclic) bond motifs is 1. The summed E-state index contributed by atoms with van der Waals surface area (Å²) in [7, 11) is 2.52. The van der Waals surface area contributed by atoms with Gasteiger partial charge in [0.05, 0.1) is 42.7 Å². The van der Waals surface area contributed by atoms with Crippen molar-refractivity contribution in [1.29, 1.82) is 0 Å². The standard InChI is InChI=1S/C22H27N5O7.Ni/c1-5-13(12-34-11-10-33-6-2)27-18(28)14-8-7-9-15(16(14)19(27)29)23-24-17-20(30)25(3)22(32)26(4)21(17)31;/h7-9,13,30H,5-6,10-12H2,1-4H3;/q;+2. The zero-order valence-electron chi connectivity index (χ0n) is 19.8. The second-order valence-corrected chi connectivity index (χ2v) is 7.59. The first kappa shape index (κ1) is 28.1. The Kier molecular flexibility index (Phi) is 9.64. The molecular formula is C22H27N5NiO7+2. The minimum Gasteiger partial charge on any atom is -0.493 e. The Hall–Kier alpha value is -3.15. The molecule has 0 fully saturated rings. The first-order chi connectivity index (χ1) is 16.2. The van der Waals surface area contributed by atoms with Gasteiger partial charge in [-0.1, -0.05) is 13.0 Å². The van der Waals surface area contributed by atoms with E-state index in [1.165, 1.54) is 26.2 Å². The van der Waals surface area contributed by atoms with E-state index in [0.29, 0.717) is 26.2 Å². The fraction of sp³-hybridized carbons (Fsp3) is 0.455. The number of hydrogen-bond acceptors (Lipinski definition) is 9. The molecule has 1 aromatic heterocycles. The van der Waals surface area contributed by atoms with Crippen LogP contribution in [0.4, 0.5) is 11.4 Å². The number of nitrogens with zero attached hydrogens (tertiary/aromatic N) is 5. The van der Waals surface area contributed by atoms with Gasteiger partial charge >= 0.3 is 22.2 Å². The number of azo groups is 1. The van der Waals surface area contributed by atoms with Crippen molar-refractivity contribution < 1.29 is 40.7 Å². The van der Waals surface area contributed by atoms with Gasteiger partial charge in [-0.25, -0.2) is 4.79 Å². The summed E-state index contributed by atoms with van der Waals surface area (Å²) in [6.45, 7) is 5.20. The van der Waals surface area contributed by atoms with Gasteiger partial charge in [-0.05, 0) is 25.5 Å². The van der Waals surface area contributed by atoms with Gasteiger partial charge in [-0.2, -0.15) is 0 Å². The third-order valence-electron chi connectivity index (χ3n) is 5.52. The normalized spacial score (nSPS) is 13.9. The molecule has 2 aromatic rings. The quantitative estimate of drug-likeness (QED) is 0.212. The van der Waals surface area contributed by atoms with E-state index in [4.69, 9.17) is 9.47 Å². The van der Waals surface area contributed by atoms with Crippen LogP contribution in [0.25, 0.3) is 0 Å². The molecule has 0 radical (unpaired) electrons. The van der Waals surface area contributed by atoms with Crippen LogP contribution in [0.15, 0.2) is 38.0 Å². The molecule has 1 atom stereocenters. The van der Waals surface area contributed by atoms with Gasteiger partial charge in [0.2, 0.25) is 11.6 Å². The van der Waals surface area contributed by atoms with Crippen molar-refractivity contribution in [3.05, 3.63) is 50.2 Å². The summed E-state index contributed by atoms with van der Waals surface area (Å²) < 4.78 is 12.4. The number of carbonyl (C=O) groups excluding carboxylic acids is 2. The molecule has 1 aliphatic rings. The SMILES string of the molecule is CCOCCOCC(CC)N1C(=O)c2cccc(N=Nc3c(O)n(C)c(=O)n(C)c3=O)c2C1=O.[Ni+2]. The van der Waals surface area contributed by atoms with Crippen LogP contribution in [0.3, 0.4) is 0 Å². The van der Waals surface area contributed by atoms with E-state index in [1.807, 2.05) is 13.8 Å². The number of ether oxygens (including phenoxy) is 2. The number of carbonyl (C=O) groups is 2. The summed E-state index contributed by atoms with van der Waals surface area (Å²) in [5, 5.41) is 18.0. The fourth-order valence-corrected chi connectivity index (χ4v) is 3.56. The van der Waals surface area contributed by atoms with Gasteiger partial charge in [0, 0.05) is 20.7 Å². The van der Waals surface area contributed by atoms with Crippen molar-refractivity contribution in [2.45, 2.75) is 26.3 Å². The molecule has 1 aromatic carbocycles. The molecule has 2 heterocycles. The average molecular weight is 532 g/mol. The third kappa shape index (κ3) is 5.42. The van der Waals surface area contributed by atoms with Crippen molar-refractivity contribution in [1.82, 2.24) is 14.0 Å². The smallest absolute Gasteiger partial charge is 0.493 e. The second kappa shape index (κ2) is 12.0. The second-order valence-electron chi connectivity index (χ2n) is 7.59. The van der Waals surface area contributed by atoms with Crippen molar-refractivity contribution in [3.63, 3.8) is 0 Å². The number of rotatable bonds is 10. The van der Waals surface area contributed by atoms with Crippen LogP contribution in [-0.2, 0) is 40.1 Å². The van der Waals surface area contributed by atoms with Crippen LogP contribution in [0.1, 0.15) is 41.0 Å². The van der Waals surface area contributed by atoms with E-state index in [0.717, 1.165) is 14.0 Å². The van der Waals surface area contributed by atoms with E-state index in [-0.39, 0.29) is 39.9 Å². The Morgan fingerprint density at radius 3 is 2.31 bits per heavy atom. The van der Waals surface area contributed by atoms with Crippen molar-refractivity contribution >= 4 is 23.2 Å². The summed E-state index contributed by atoms with van der Waals surface area (Å²) in [6, 6.07) is 4.04. The van der Waals surface area contributed by atoms with Crippen LogP contribution in [-0.4, -0.2) is 63.4 Å². The number of aromatic nitrogens is 2. The van der Waals surface area contributed by atoms with Crippen molar-refractivity contribution in [2.24, 2.45) is 24.3 Å². The Morgan fingerprint density at radius 2 is 1.66 bits per heavy atom. The van der Waals surface area contributed by atoms with Gasteiger partial charge in [0.25, 0.3) is 17.4 Å². The third-order valence-corrected chi connectivity index (χ3v) is 5.52. The van der Waals surface area contributed by atoms with Crippen molar-refractivity contribution in [2.75, 3.05) is 26.4 Å². The first-order valence-corrected chi connectivity index (χ1v) is 10.8. The fourth-order valence-electron chi connectivity index (χ4n) is 3.56. The van der Waals surface area contributed by atoms with Gasteiger partial charge in [-0.15, -0.1) is 10.2 Å². The molecule has 35 heavy (non-hydrogen) atoms. The number of hydrogen-bond donors (Lipinski definition) is 1. The van der Waals surface area contributed by atoms with E-state index in [2.05, 4.69) is 10.2 Å². The molecule has 0 saturated heterocycles. The van der Waals surface area contributed by atoms with Crippen molar-refractivity contribution in [3.8, 4) is 5.88 Å². The molecule has 3 rings (SSSR count). The summed E-state index contributed by atoms with van der Waals surface area (Å²) in [4.78, 5) is 51.7. The molecule has 1 aliphatic heterocycles. The molecule has 1 N–H and O–H groups in total. The van der Waals surface area contributed by atoms with Gasteiger partial charge < -0.3 is 14.6 Å². The van der Waals surface area contributed by atoms with Gasteiger partial charge in [0.1, 0.15) is 0 Å². The predicted octanol–water partition coefficient (Wildman–Crippen LogP) is 1.63. The largest absolute Gasteiger partial charge is 2.00 e. The molecule has 0 saturated carbocycles. The van der Waals surface area contributed by atoms with Crippen LogP contribution >= 0.6 is 0 Å². The molecule has 0 bridgehead atoms. The Bertz CT molecular complexity index is 1250. The summed E-state index contributed by atoms with van der Waals surface area (Å²) in [5.41, 5.74) is -1.79. The maximum Gasteiger partial charge on any atom is 2.00 e. The topological polar surface area (TPSA) is 145 Å². The molecule has 12 nitrogen and oxygen atoms in total. The molecule has 0 aliphatic carbocycles. The number of benzene rings is 1. The van der Waals surface area contributed by atoms with Crippen LogP contribution in [0.2, 0.25) is 0 Å². The minimum atomic E-state index is -0.851. The average Bonchev–Trinajstić information content (AvgIpc) is 3.09. The zero-order valence-corrected chi connectivity index (χ0v) is 20.8. The first-order valence-electron chi connectivity index (χ1n) is 10.8. The zero-order chi connectivity index (χ0) is 25.0. The number of aromatic hydroxyl groups is 1.